The molecule has 272 valence electrons. The van der Waals surface area contributed by atoms with E-state index >= 15 is 0 Å². The number of likely N-dealkylation sites (tertiary alicyclic amines) is 1. The first-order valence-electron chi connectivity index (χ1n) is 18.3. The van der Waals surface area contributed by atoms with Crippen molar-refractivity contribution in [3.05, 3.63) is 0 Å². The van der Waals surface area contributed by atoms with E-state index in [0.717, 1.165) is 70.6 Å². The van der Waals surface area contributed by atoms with Crippen molar-refractivity contribution in [1.82, 2.24) is 30.9 Å². The van der Waals surface area contributed by atoms with Crippen molar-refractivity contribution in [3.63, 3.8) is 0 Å². The van der Waals surface area contributed by atoms with E-state index in [1.165, 1.54) is 4.90 Å². The second kappa shape index (κ2) is 16.8. The predicted molar refractivity (Wildman–Crippen MR) is 182 cm³/mol. The first-order valence-corrected chi connectivity index (χ1v) is 20.0. The Morgan fingerprint density at radius 2 is 1.50 bits per heavy atom. The van der Waals surface area contributed by atoms with Gasteiger partial charge in [-0.3, -0.25) is 19.2 Å². The van der Waals surface area contributed by atoms with Gasteiger partial charge in [-0.05, 0) is 63.2 Å². The zero-order valence-electron chi connectivity index (χ0n) is 29.2. The first kappa shape index (κ1) is 38.1. The van der Waals surface area contributed by atoms with Gasteiger partial charge in [0.2, 0.25) is 27.6 Å². The summed E-state index contributed by atoms with van der Waals surface area (Å²) in [5.74, 6) is -2.41. The van der Waals surface area contributed by atoms with E-state index in [4.69, 9.17) is 0 Å². The van der Waals surface area contributed by atoms with Crippen molar-refractivity contribution in [3.8, 4) is 0 Å². The topological polar surface area (TPSA) is 183 Å². The minimum Gasteiger partial charge on any atom is -0.347 e. The minimum absolute atomic E-state index is 0.0140. The number of hydrogen-bond acceptors (Lipinski definition) is 7. The molecule has 0 spiro atoms. The quantitative estimate of drug-likeness (QED) is 0.154. The number of Topliss-reactive ketones (excluding diaryl/α,β-unsaturated/α-hetero) is 1. The van der Waals surface area contributed by atoms with Crippen LogP contribution in [-0.4, -0.2) is 91.4 Å². The highest BCUT2D eigenvalue weighted by Gasteiger charge is 2.47. The smallest absolute Gasteiger partial charge is 0.315 e. The molecule has 0 bridgehead atoms. The summed E-state index contributed by atoms with van der Waals surface area (Å²) in [7, 11) is -3.63. The standard InChI is InChI=1S/C34H58N6O7S/c1-4-6-14-25(27(41)30(43)36-24-16-17-24)37-29(42)26-15-13-22-40(26)31(44)28(33(3)18-9-7-10-19-33)38-32(45)39-34(20-11-8-12-21-34)23-48(46,47)35-5-2/h24-26,28,35H,4-23H2,1-3H3,(H,36,43)(H,37,42)(H2,38,39,45)/t25?,26-,28+/m0/s1. The second-order valence-electron chi connectivity index (χ2n) is 14.8. The first-order chi connectivity index (χ1) is 22.8. The Morgan fingerprint density at radius 1 is 0.854 bits per heavy atom. The zero-order chi connectivity index (χ0) is 35.0. The van der Waals surface area contributed by atoms with Crippen molar-refractivity contribution >= 4 is 39.6 Å². The van der Waals surface area contributed by atoms with Gasteiger partial charge in [-0.25, -0.2) is 17.9 Å². The highest BCUT2D eigenvalue weighted by Crippen LogP contribution is 2.40. The predicted octanol–water partition coefficient (Wildman–Crippen LogP) is 2.78. The molecular formula is C34H58N6O7S. The van der Waals surface area contributed by atoms with Crippen LogP contribution in [0.15, 0.2) is 0 Å². The van der Waals surface area contributed by atoms with E-state index < -0.39 is 62.7 Å². The lowest BCUT2D eigenvalue weighted by Gasteiger charge is -2.43. The Morgan fingerprint density at radius 3 is 2.10 bits per heavy atom. The third kappa shape index (κ3) is 10.1. The van der Waals surface area contributed by atoms with Gasteiger partial charge in [-0.2, -0.15) is 0 Å². The van der Waals surface area contributed by atoms with E-state index in [1.54, 1.807) is 6.92 Å². The van der Waals surface area contributed by atoms with Gasteiger partial charge in [-0.15, -0.1) is 0 Å². The third-order valence-corrected chi connectivity index (χ3v) is 12.4. The number of rotatable bonds is 16. The van der Waals surface area contributed by atoms with Gasteiger partial charge in [0.25, 0.3) is 5.91 Å². The Kier molecular flexibility index (Phi) is 13.3. The number of sulfonamides is 1. The van der Waals surface area contributed by atoms with Gasteiger partial charge in [0, 0.05) is 19.1 Å². The summed E-state index contributed by atoms with van der Waals surface area (Å²) in [6.45, 7) is 6.27. The number of urea groups is 1. The Bertz CT molecular complexity index is 1270. The average molecular weight is 695 g/mol. The molecule has 0 aromatic heterocycles. The van der Waals surface area contributed by atoms with E-state index in [-0.39, 0.29) is 24.2 Å². The number of unbranched alkanes of at least 4 members (excludes halogenated alkanes) is 1. The molecule has 3 aliphatic carbocycles. The number of ketones is 1. The van der Waals surface area contributed by atoms with Crippen LogP contribution in [0.2, 0.25) is 0 Å². The van der Waals surface area contributed by atoms with E-state index in [9.17, 15) is 32.4 Å². The van der Waals surface area contributed by atoms with Gasteiger partial charge in [0.1, 0.15) is 12.1 Å². The fourth-order valence-electron chi connectivity index (χ4n) is 7.82. The van der Waals surface area contributed by atoms with Crippen LogP contribution in [0.3, 0.4) is 0 Å². The molecule has 4 fully saturated rings. The van der Waals surface area contributed by atoms with Crippen LogP contribution in [0.5, 0.6) is 0 Å². The lowest BCUT2D eigenvalue weighted by molar-refractivity contribution is -0.144. The number of hydrogen-bond donors (Lipinski definition) is 5. The number of nitrogens with one attached hydrogen (secondary N) is 5. The molecule has 4 rings (SSSR count). The highest BCUT2D eigenvalue weighted by molar-refractivity contribution is 7.89. The van der Waals surface area contributed by atoms with Crippen LogP contribution in [0.1, 0.15) is 130 Å². The normalized spacial score (nSPS) is 23.4. The SMILES string of the molecule is CCCCC(NC(=O)[C@@H]1CCCN1C(=O)[C@@H](NC(=O)NC1(CS(=O)(=O)NCC)CCCCC1)C1(C)CCCCC1)C(=O)C(=O)NC1CC1. The molecule has 0 aromatic carbocycles. The summed E-state index contributed by atoms with van der Waals surface area (Å²) < 4.78 is 28.2. The number of amides is 5. The van der Waals surface area contributed by atoms with Crippen molar-refractivity contribution < 1.29 is 32.4 Å². The molecule has 5 amide bonds. The molecule has 1 heterocycles. The molecule has 3 atom stereocenters. The zero-order valence-corrected chi connectivity index (χ0v) is 30.0. The summed E-state index contributed by atoms with van der Waals surface area (Å²) in [6.07, 6.45) is 12.3. The maximum atomic E-state index is 14.5. The molecule has 1 saturated heterocycles. The molecule has 0 aromatic rings. The fourth-order valence-corrected chi connectivity index (χ4v) is 9.45. The van der Waals surface area contributed by atoms with Crippen molar-refractivity contribution in [1.29, 1.82) is 0 Å². The van der Waals surface area contributed by atoms with Crippen LogP contribution in [0.4, 0.5) is 4.79 Å². The summed E-state index contributed by atoms with van der Waals surface area (Å²) in [4.78, 5) is 69.2. The highest BCUT2D eigenvalue weighted by atomic mass is 32.2. The fraction of sp³-hybridized carbons (Fsp3) is 0.853. The molecule has 14 heteroatoms. The maximum Gasteiger partial charge on any atom is 0.315 e. The number of nitrogens with zero attached hydrogens (tertiary/aromatic N) is 1. The summed E-state index contributed by atoms with van der Waals surface area (Å²) in [5, 5.41) is 11.5. The summed E-state index contributed by atoms with van der Waals surface area (Å²) in [6, 6.07) is -3.31. The monoisotopic (exact) mass is 694 g/mol. The number of carbonyl (C=O) groups is 5. The third-order valence-electron chi connectivity index (χ3n) is 10.7. The van der Waals surface area contributed by atoms with Gasteiger partial charge >= 0.3 is 6.03 Å². The minimum atomic E-state index is -3.63. The lowest BCUT2D eigenvalue weighted by Crippen LogP contribution is -2.64. The Hall–Kier alpha value is -2.74. The molecule has 3 saturated carbocycles. The average Bonchev–Trinajstić information content (AvgIpc) is 3.71. The molecule has 48 heavy (non-hydrogen) atoms. The molecule has 0 radical (unpaired) electrons. The van der Waals surface area contributed by atoms with Gasteiger partial charge < -0.3 is 26.2 Å². The molecule has 1 unspecified atom stereocenters. The van der Waals surface area contributed by atoms with Crippen molar-refractivity contribution in [2.24, 2.45) is 5.41 Å². The van der Waals surface area contributed by atoms with E-state index in [2.05, 4.69) is 26.0 Å². The summed E-state index contributed by atoms with van der Waals surface area (Å²) in [5.41, 5.74) is -1.52. The molecule has 4 aliphatic rings. The van der Waals surface area contributed by atoms with Crippen molar-refractivity contribution in [2.45, 2.75) is 160 Å². The Labute approximate surface area is 286 Å². The molecule has 13 nitrogen and oxygen atoms in total. The van der Waals surface area contributed by atoms with Gasteiger partial charge in [-0.1, -0.05) is 72.1 Å². The molecular weight excluding hydrogens is 636 g/mol. The lowest BCUT2D eigenvalue weighted by atomic mass is 9.70. The number of carbonyl (C=O) groups excluding carboxylic acids is 5. The van der Waals surface area contributed by atoms with Gasteiger partial charge in [0.05, 0.1) is 17.3 Å². The van der Waals surface area contributed by atoms with E-state index in [0.29, 0.717) is 45.1 Å². The molecule has 1 aliphatic heterocycles. The van der Waals surface area contributed by atoms with Crippen LogP contribution in [0, 0.1) is 5.41 Å². The Balaban J connectivity index is 1.51. The van der Waals surface area contributed by atoms with E-state index in [1.807, 2.05) is 13.8 Å². The largest absolute Gasteiger partial charge is 0.347 e. The molecule has 5 N–H and O–H groups in total. The summed E-state index contributed by atoms with van der Waals surface area (Å²) >= 11 is 0. The van der Waals surface area contributed by atoms with Crippen LogP contribution >= 0.6 is 0 Å². The van der Waals surface area contributed by atoms with Crippen LogP contribution < -0.4 is 26.0 Å². The van der Waals surface area contributed by atoms with Crippen molar-refractivity contribution in [2.75, 3.05) is 18.8 Å². The van der Waals surface area contributed by atoms with Gasteiger partial charge in [0.15, 0.2) is 0 Å². The van der Waals surface area contributed by atoms with Crippen LogP contribution in [0.25, 0.3) is 0 Å². The second-order valence-corrected chi connectivity index (χ2v) is 16.7. The maximum absolute atomic E-state index is 14.5. The van der Waals surface area contributed by atoms with Crippen LogP contribution in [-0.2, 0) is 29.2 Å².